The van der Waals surface area contributed by atoms with E-state index in [4.69, 9.17) is 4.74 Å². The van der Waals surface area contributed by atoms with Crippen LogP contribution in [0.2, 0.25) is 0 Å². The number of carbonyl (C=O) groups excluding carboxylic acids is 1. The number of benzene rings is 2. The molecule has 0 aliphatic heterocycles. The molecule has 0 aromatic heterocycles. The maximum Gasteiger partial charge on any atom is 0.421 e. The van der Waals surface area contributed by atoms with Crippen LogP contribution in [0.4, 0.5) is 4.79 Å². The van der Waals surface area contributed by atoms with Crippen LogP contribution >= 0.6 is 0 Å². The van der Waals surface area contributed by atoms with Crippen LogP contribution in [-0.2, 0) is 21.4 Å². The first-order valence-electron chi connectivity index (χ1n) is 5.86. The van der Waals surface area contributed by atoms with Gasteiger partial charge in [0.15, 0.2) is 0 Å². The van der Waals surface area contributed by atoms with Gasteiger partial charge in [-0.1, -0.05) is 48.5 Å². The number of rotatable bonds is 4. The quantitative estimate of drug-likeness (QED) is 0.875. The van der Waals surface area contributed by atoms with Crippen LogP contribution in [-0.4, -0.2) is 44.1 Å². The SMILES string of the molecule is O=C(NS(=O)(=O)c1ccccc1)OCc1ccccc1.[Na]. The van der Waals surface area contributed by atoms with Crippen molar-refractivity contribution in [2.45, 2.75) is 11.5 Å². The Morgan fingerprint density at radius 3 is 2.05 bits per heavy atom. The summed E-state index contributed by atoms with van der Waals surface area (Å²) in [5, 5.41) is 0. The summed E-state index contributed by atoms with van der Waals surface area (Å²) in [5.41, 5.74) is 0.778. The molecular weight excluding hydrogens is 301 g/mol. The zero-order chi connectivity index (χ0) is 14.4. The minimum Gasteiger partial charge on any atom is -0.444 e. The summed E-state index contributed by atoms with van der Waals surface area (Å²) in [4.78, 5) is 11.5. The number of ether oxygens (including phenoxy) is 1. The van der Waals surface area contributed by atoms with Gasteiger partial charge in [0.2, 0.25) is 0 Å². The van der Waals surface area contributed by atoms with Gasteiger partial charge in [-0.25, -0.2) is 17.9 Å². The van der Waals surface area contributed by atoms with E-state index in [0.717, 1.165) is 5.56 Å². The third-order valence-electron chi connectivity index (χ3n) is 2.48. The van der Waals surface area contributed by atoms with E-state index < -0.39 is 16.1 Å². The number of carbonyl (C=O) groups is 1. The van der Waals surface area contributed by atoms with Crippen LogP contribution in [0.1, 0.15) is 5.56 Å². The number of nitrogens with one attached hydrogen (secondary N) is 1. The zero-order valence-corrected chi connectivity index (χ0v) is 14.3. The summed E-state index contributed by atoms with van der Waals surface area (Å²) in [7, 11) is -3.89. The normalized spacial score (nSPS) is 10.3. The molecule has 7 heteroatoms. The summed E-state index contributed by atoms with van der Waals surface area (Å²) in [6, 6.07) is 16.6. The predicted octanol–water partition coefficient (Wildman–Crippen LogP) is 1.92. The van der Waals surface area contributed by atoms with Crippen LogP contribution in [0, 0.1) is 0 Å². The summed E-state index contributed by atoms with van der Waals surface area (Å²) >= 11 is 0. The maximum absolute atomic E-state index is 11.8. The molecule has 0 atom stereocenters. The Morgan fingerprint density at radius 2 is 1.48 bits per heavy atom. The van der Waals surface area contributed by atoms with Gasteiger partial charge in [0.05, 0.1) is 4.90 Å². The van der Waals surface area contributed by atoms with Gasteiger partial charge >= 0.3 is 6.09 Å². The molecule has 0 saturated carbocycles. The van der Waals surface area contributed by atoms with Crippen molar-refractivity contribution in [2.75, 3.05) is 0 Å². The molecule has 2 aromatic carbocycles. The van der Waals surface area contributed by atoms with Crippen LogP contribution < -0.4 is 4.72 Å². The first-order valence-corrected chi connectivity index (χ1v) is 7.35. The first kappa shape index (κ1) is 17.7. The number of hydrogen-bond donors (Lipinski definition) is 1. The fraction of sp³-hybridized carbons (Fsp3) is 0.0714. The number of amides is 1. The molecule has 1 radical (unpaired) electrons. The van der Waals surface area contributed by atoms with Crippen molar-refractivity contribution in [1.29, 1.82) is 0 Å². The molecule has 105 valence electrons. The van der Waals surface area contributed by atoms with E-state index >= 15 is 0 Å². The molecule has 0 unspecified atom stereocenters. The second-order valence-corrected chi connectivity index (χ2v) is 5.66. The van der Waals surface area contributed by atoms with Crippen molar-refractivity contribution in [3.05, 3.63) is 66.2 Å². The fourth-order valence-electron chi connectivity index (χ4n) is 1.52. The predicted molar refractivity (Wildman–Crippen MR) is 79.1 cm³/mol. The molecule has 21 heavy (non-hydrogen) atoms. The van der Waals surface area contributed by atoms with Gasteiger partial charge in [0.1, 0.15) is 6.61 Å². The van der Waals surface area contributed by atoms with E-state index in [0.29, 0.717) is 0 Å². The Morgan fingerprint density at radius 1 is 0.952 bits per heavy atom. The van der Waals surface area contributed by atoms with Crippen LogP contribution in [0.3, 0.4) is 0 Å². The van der Waals surface area contributed by atoms with Crippen molar-refractivity contribution < 1.29 is 17.9 Å². The molecule has 1 amide bonds. The minimum absolute atomic E-state index is 0. The van der Waals surface area contributed by atoms with Gasteiger partial charge in [0.25, 0.3) is 10.0 Å². The Kier molecular flexibility index (Phi) is 6.91. The van der Waals surface area contributed by atoms with Gasteiger partial charge in [-0.15, -0.1) is 0 Å². The van der Waals surface area contributed by atoms with Crippen molar-refractivity contribution in [3.8, 4) is 0 Å². The van der Waals surface area contributed by atoms with Gasteiger partial charge in [-0.3, -0.25) is 0 Å². The van der Waals surface area contributed by atoms with Crippen LogP contribution in [0.5, 0.6) is 0 Å². The standard InChI is InChI=1S/C14H13NO4S.Na/c16-14(19-11-12-7-3-1-4-8-12)15-20(17,18)13-9-5-2-6-10-13;/h1-10H,11H2,(H,15,16);. The average molecular weight is 314 g/mol. The summed E-state index contributed by atoms with van der Waals surface area (Å²) < 4.78 is 30.4. The summed E-state index contributed by atoms with van der Waals surface area (Å²) in [6.07, 6.45) is -1.00. The monoisotopic (exact) mass is 314 g/mol. The molecule has 5 nitrogen and oxygen atoms in total. The Labute approximate surface area is 145 Å². The average Bonchev–Trinajstić information content (AvgIpc) is 2.47. The zero-order valence-electron chi connectivity index (χ0n) is 11.5. The van der Waals surface area contributed by atoms with E-state index in [1.807, 2.05) is 10.8 Å². The molecule has 0 bridgehead atoms. The van der Waals surface area contributed by atoms with E-state index in [9.17, 15) is 13.2 Å². The second kappa shape index (κ2) is 8.19. The largest absolute Gasteiger partial charge is 0.444 e. The minimum atomic E-state index is -3.89. The van der Waals surface area contributed by atoms with E-state index in [2.05, 4.69) is 0 Å². The third-order valence-corrected chi connectivity index (χ3v) is 3.81. The van der Waals surface area contributed by atoms with E-state index in [1.165, 1.54) is 12.1 Å². The molecule has 2 rings (SSSR count). The van der Waals surface area contributed by atoms with Crippen molar-refractivity contribution in [2.24, 2.45) is 0 Å². The van der Waals surface area contributed by atoms with Crippen LogP contribution in [0.15, 0.2) is 65.6 Å². The Balaban J connectivity index is 0.00000220. The molecule has 0 fully saturated rings. The fourth-order valence-corrected chi connectivity index (χ4v) is 2.43. The second-order valence-electron chi connectivity index (χ2n) is 3.98. The smallest absolute Gasteiger partial charge is 0.421 e. The van der Waals surface area contributed by atoms with Gasteiger partial charge in [-0.05, 0) is 17.7 Å². The Bertz CT molecular complexity index is 675. The molecule has 0 aliphatic carbocycles. The molecule has 0 heterocycles. The van der Waals surface area contributed by atoms with Gasteiger partial charge in [0, 0.05) is 29.6 Å². The maximum atomic E-state index is 11.8. The molecule has 0 saturated heterocycles. The number of sulfonamides is 1. The van der Waals surface area contributed by atoms with Crippen molar-refractivity contribution in [3.63, 3.8) is 0 Å². The molecule has 2 aromatic rings. The summed E-state index contributed by atoms with van der Waals surface area (Å²) in [6.45, 7) is 0.0109. The van der Waals surface area contributed by atoms with Gasteiger partial charge < -0.3 is 4.74 Å². The molecule has 1 N–H and O–H groups in total. The van der Waals surface area contributed by atoms with Crippen molar-refractivity contribution >= 4 is 45.7 Å². The topological polar surface area (TPSA) is 72.5 Å². The third kappa shape index (κ3) is 5.51. The van der Waals surface area contributed by atoms with Gasteiger partial charge in [-0.2, -0.15) is 0 Å². The van der Waals surface area contributed by atoms with Crippen LogP contribution in [0.25, 0.3) is 0 Å². The Hall–Kier alpha value is -1.34. The van der Waals surface area contributed by atoms with E-state index in [-0.39, 0.29) is 41.1 Å². The number of hydrogen-bond acceptors (Lipinski definition) is 4. The molecular formula is C14H13NNaO4S. The molecule has 0 spiro atoms. The summed E-state index contributed by atoms with van der Waals surface area (Å²) in [5.74, 6) is 0. The molecule has 0 aliphatic rings. The first-order chi connectivity index (χ1) is 9.58. The van der Waals surface area contributed by atoms with E-state index in [1.54, 1.807) is 42.5 Å². The van der Waals surface area contributed by atoms with Crippen molar-refractivity contribution in [1.82, 2.24) is 4.72 Å².